The Morgan fingerprint density at radius 3 is 2.00 bits per heavy atom. The fourth-order valence-electron chi connectivity index (χ4n) is 3.72. The van der Waals surface area contributed by atoms with Crippen LogP contribution in [-0.4, -0.2) is 67.1 Å². The number of hydrogen-bond donors (Lipinski definition) is 0. The normalized spacial score (nSPS) is 19.2. The van der Waals surface area contributed by atoms with Crippen molar-refractivity contribution < 1.29 is 19.1 Å². The van der Waals surface area contributed by atoms with Crippen LogP contribution < -0.4 is 4.74 Å². The lowest BCUT2D eigenvalue weighted by Gasteiger charge is -2.35. The Hall–Kier alpha value is -2.86. The van der Waals surface area contributed by atoms with Crippen LogP contribution in [0, 0.1) is 0 Å². The third-order valence-electron chi connectivity index (χ3n) is 5.44. The lowest BCUT2D eigenvalue weighted by Crippen LogP contribution is -2.50. The van der Waals surface area contributed by atoms with Gasteiger partial charge in [-0.2, -0.15) is 0 Å². The molecule has 2 saturated heterocycles. The van der Waals surface area contributed by atoms with E-state index >= 15 is 0 Å². The van der Waals surface area contributed by atoms with E-state index in [2.05, 4.69) is 0 Å². The average molecular weight is 394 g/mol. The molecule has 29 heavy (non-hydrogen) atoms. The van der Waals surface area contributed by atoms with E-state index in [1.165, 1.54) is 0 Å². The van der Waals surface area contributed by atoms with Crippen LogP contribution in [0.1, 0.15) is 33.6 Å². The molecule has 152 valence electrons. The van der Waals surface area contributed by atoms with E-state index in [4.69, 9.17) is 9.47 Å². The Kier molecular flexibility index (Phi) is 6.10. The molecule has 2 aliphatic rings. The molecule has 0 N–H and O–H groups in total. The van der Waals surface area contributed by atoms with Gasteiger partial charge in [0.15, 0.2) is 0 Å². The number of rotatable bonds is 5. The van der Waals surface area contributed by atoms with E-state index in [1.54, 1.807) is 21.9 Å². The van der Waals surface area contributed by atoms with Crippen LogP contribution in [0.5, 0.6) is 5.75 Å². The summed E-state index contributed by atoms with van der Waals surface area (Å²) in [4.78, 5) is 28.9. The first-order valence-electron chi connectivity index (χ1n) is 10.2. The Balaban J connectivity index is 1.28. The highest BCUT2D eigenvalue weighted by Gasteiger charge is 2.25. The molecular formula is C23H26N2O4. The molecule has 0 bridgehead atoms. The van der Waals surface area contributed by atoms with Gasteiger partial charge in [-0.05, 0) is 49.2 Å². The van der Waals surface area contributed by atoms with Crippen molar-refractivity contribution in [1.29, 1.82) is 0 Å². The summed E-state index contributed by atoms with van der Waals surface area (Å²) in [5, 5.41) is 0. The summed E-state index contributed by atoms with van der Waals surface area (Å²) in [7, 11) is 0. The largest absolute Gasteiger partial charge is 0.491 e. The van der Waals surface area contributed by atoms with Crippen LogP contribution in [-0.2, 0) is 4.74 Å². The van der Waals surface area contributed by atoms with Crippen LogP contribution in [0.25, 0.3) is 0 Å². The minimum absolute atomic E-state index is 0.0116. The van der Waals surface area contributed by atoms with E-state index in [0.29, 0.717) is 43.9 Å². The highest BCUT2D eigenvalue weighted by atomic mass is 16.5. The summed E-state index contributed by atoms with van der Waals surface area (Å²) in [5.41, 5.74) is 1.32. The van der Waals surface area contributed by atoms with Gasteiger partial charge in [0.05, 0.1) is 6.10 Å². The molecule has 0 aromatic heterocycles. The highest BCUT2D eigenvalue weighted by Crippen LogP contribution is 2.18. The number of nitrogens with zero attached hydrogens (tertiary/aromatic N) is 2. The van der Waals surface area contributed by atoms with Crippen molar-refractivity contribution in [2.45, 2.75) is 18.9 Å². The summed E-state index contributed by atoms with van der Waals surface area (Å²) in [5.74, 6) is 0.753. The van der Waals surface area contributed by atoms with Crippen molar-refractivity contribution in [3.05, 3.63) is 65.7 Å². The summed E-state index contributed by atoms with van der Waals surface area (Å²) in [6.45, 7) is 3.52. The van der Waals surface area contributed by atoms with E-state index in [1.807, 2.05) is 42.5 Å². The maximum atomic E-state index is 12.8. The zero-order valence-electron chi connectivity index (χ0n) is 16.5. The second kappa shape index (κ2) is 9.09. The van der Waals surface area contributed by atoms with Crippen LogP contribution in [0.2, 0.25) is 0 Å². The molecule has 0 radical (unpaired) electrons. The Morgan fingerprint density at radius 2 is 1.45 bits per heavy atom. The molecule has 2 aliphatic heterocycles. The molecule has 0 aliphatic carbocycles. The quantitative estimate of drug-likeness (QED) is 0.783. The lowest BCUT2D eigenvalue weighted by atomic mass is 10.1. The summed E-state index contributed by atoms with van der Waals surface area (Å²) < 4.78 is 11.3. The van der Waals surface area contributed by atoms with Gasteiger partial charge in [0.1, 0.15) is 12.4 Å². The summed E-state index contributed by atoms with van der Waals surface area (Å²) in [6.07, 6.45) is 2.30. The smallest absolute Gasteiger partial charge is 0.253 e. The molecule has 6 heteroatoms. The zero-order valence-corrected chi connectivity index (χ0v) is 16.5. The predicted octanol–water partition coefficient (Wildman–Crippen LogP) is 2.84. The lowest BCUT2D eigenvalue weighted by molar-refractivity contribution is 0.0535. The molecule has 0 saturated carbocycles. The topological polar surface area (TPSA) is 59.1 Å². The van der Waals surface area contributed by atoms with E-state index < -0.39 is 0 Å². The molecule has 4 rings (SSSR count). The molecular weight excluding hydrogens is 368 g/mol. The summed E-state index contributed by atoms with van der Waals surface area (Å²) in [6, 6.07) is 16.5. The van der Waals surface area contributed by atoms with Crippen molar-refractivity contribution >= 4 is 11.8 Å². The minimum Gasteiger partial charge on any atom is -0.491 e. The number of benzene rings is 2. The van der Waals surface area contributed by atoms with Gasteiger partial charge in [-0.1, -0.05) is 18.2 Å². The second-order valence-corrected chi connectivity index (χ2v) is 7.42. The molecule has 6 nitrogen and oxygen atoms in total. The summed E-state index contributed by atoms with van der Waals surface area (Å²) >= 11 is 0. The minimum atomic E-state index is -0.0116. The third kappa shape index (κ3) is 4.77. The van der Waals surface area contributed by atoms with Crippen LogP contribution in [0.3, 0.4) is 0 Å². The third-order valence-corrected chi connectivity index (χ3v) is 5.44. The first-order chi connectivity index (χ1) is 14.2. The zero-order chi connectivity index (χ0) is 20.1. The number of ether oxygens (including phenoxy) is 2. The van der Waals surface area contributed by atoms with Gasteiger partial charge in [-0.25, -0.2) is 0 Å². The maximum Gasteiger partial charge on any atom is 0.253 e. The maximum absolute atomic E-state index is 12.8. The first kappa shape index (κ1) is 19.5. The fraction of sp³-hybridized carbons (Fsp3) is 0.391. The molecule has 2 aromatic rings. The average Bonchev–Trinajstić information content (AvgIpc) is 3.31. The van der Waals surface area contributed by atoms with E-state index in [-0.39, 0.29) is 17.9 Å². The fourth-order valence-corrected chi connectivity index (χ4v) is 3.72. The van der Waals surface area contributed by atoms with Gasteiger partial charge < -0.3 is 19.3 Å². The van der Waals surface area contributed by atoms with Gasteiger partial charge in [0.25, 0.3) is 11.8 Å². The molecule has 2 amide bonds. The van der Waals surface area contributed by atoms with Gasteiger partial charge >= 0.3 is 0 Å². The van der Waals surface area contributed by atoms with Gasteiger partial charge in [-0.15, -0.1) is 0 Å². The SMILES string of the molecule is O=C(c1ccccc1)N1CCN(C(=O)c2ccc(OCC3CCCO3)cc2)CC1. The van der Waals surface area contributed by atoms with Crippen LogP contribution >= 0.6 is 0 Å². The number of hydrogen-bond acceptors (Lipinski definition) is 4. The Labute approximate surface area is 171 Å². The van der Waals surface area contributed by atoms with Crippen molar-refractivity contribution in [1.82, 2.24) is 9.80 Å². The van der Waals surface area contributed by atoms with Gasteiger partial charge in [-0.3, -0.25) is 9.59 Å². The molecule has 0 spiro atoms. The van der Waals surface area contributed by atoms with Crippen LogP contribution in [0.4, 0.5) is 0 Å². The number of carbonyl (C=O) groups excluding carboxylic acids is 2. The Morgan fingerprint density at radius 1 is 0.862 bits per heavy atom. The Bertz CT molecular complexity index is 824. The molecule has 2 fully saturated rings. The van der Waals surface area contributed by atoms with Crippen molar-refractivity contribution in [2.24, 2.45) is 0 Å². The van der Waals surface area contributed by atoms with Crippen LogP contribution in [0.15, 0.2) is 54.6 Å². The highest BCUT2D eigenvalue weighted by molar-refractivity contribution is 5.96. The van der Waals surface area contributed by atoms with E-state index in [0.717, 1.165) is 25.2 Å². The van der Waals surface area contributed by atoms with Gasteiger partial charge in [0.2, 0.25) is 0 Å². The van der Waals surface area contributed by atoms with Crippen molar-refractivity contribution in [3.63, 3.8) is 0 Å². The first-order valence-corrected chi connectivity index (χ1v) is 10.2. The van der Waals surface area contributed by atoms with Crippen molar-refractivity contribution in [3.8, 4) is 5.75 Å². The number of amides is 2. The standard InChI is InChI=1S/C23H26N2O4/c26-22(18-5-2-1-3-6-18)24-12-14-25(15-13-24)23(27)19-8-10-20(11-9-19)29-17-21-7-4-16-28-21/h1-3,5-6,8-11,21H,4,7,12-17H2. The number of carbonyl (C=O) groups is 2. The molecule has 2 aromatic carbocycles. The predicted molar refractivity (Wildman–Crippen MR) is 109 cm³/mol. The second-order valence-electron chi connectivity index (χ2n) is 7.42. The molecule has 1 unspecified atom stereocenters. The van der Waals surface area contributed by atoms with Gasteiger partial charge in [0, 0.05) is 43.9 Å². The van der Waals surface area contributed by atoms with E-state index in [9.17, 15) is 9.59 Å². The monoisotopic (exact) mass is 394 g/mol. The number of piperazine rings is 1. The van der Waals surface area contributed by atoms with Crippen molar-refractivity contribution in [2.75, 3.05) is 39.4 Å². The molecule has 2 heterocycles. The molecule has 1 atom stereocenters.